The summed E-state index contributed by atoms with van der Waals surface area (Å²) in [6, 6.07) is 10.7. The van der Waals surface area contributed by atoms with Crippen LogP contribution in [0, 0.1) is 6.92 Å². The molecule has 5 heteroatoms. The molecular weight excluding hydrogens is 262 g/mol. The zero-order valence-corrected chi connectivity index (χ0v) is 12.5. The number of rotatable bonds is 4. The molecule has 1 fully saturated rings. The standard InChI is InChI=1S/C16H21N5/c1-12-9-10-21(19-12)15-6-4-3-5-13(15)11-18-16(17)20(2)14-7-8-14/h3-6,9-10,14H,7-8,11H2,1-2H3,(H2,17,18). The summed E-state index contributed by atoms with van der Waals surface area (Å²) < 4.78 is 1.89. The van der Waals surface area contributed by atoms with Crippen LogP contribution in [0.1, 0.15) is 24.1 Å². The van der Waals surface area contributed by atoms with E-state index in [-0.39, 0.29) is 0 Å². The smallest absolute Gasteiger partial charge is 0.191 e. The molecule has 0 atom stereocenters. The highest BCUT2D eigenvalue weighted by atomic mass is 15.3. The summed E-state index contributed by atoms with van der Waals surface area (Å²) >= 11 is 0. The highest BCUT2D eigenvalue weighted by Gasteiger charge is 2.27. The lowest BCUT2D eigenvalue weighted by Crippen LogP contribution is -2.35. The molecule has 0 spiro atoms. The maximum absolute atomic E-state index is 6.05. The van der Waals surface area contributed by atoms with Gasteiger partial charge in [-0.15, -0.1) is 0 Å². The molecule has 1 aromatic carbocycles. The van der Waals surface area contributed by atoms with Crippen molar-refractivity contribution in [3.05, 3.63) is 47.8 Å². The van der Waals surface area contributed by atoms with E-state index in [1.807, 2.05) is 43.0 Å². The highest BCUT2D eigenvalue weighted by Crippen LogP contribution is 2.25. The largest absolute Gasteiger partial charge is 0.370 e. The Labute approximate surface area is 125 Å². The molecule has 0 saturated heterocycles. The molecule has 2 N–H and O–H groups in total. The minimum Gasteiger partial charge on any atom is -0.370 e. The fourth-order valence-corrected chi connectivity index (χ4v) is 2.34. The predicted octanol–water partition coefficient (Wildman–Crippen LogP) is 2.09. The van der Waals surface area contributed by atoms with Gasteiger partial charge >= 0.3 is 0 Å². The Bertz CT molecular complexity index is 654. The molecule has 2 aromatic rings. The van der Waals surface area contributed by atoms with E-state index in [0.717, 1.165) is 16.9 Å². The van der Waals surface area contributed by atoms with E-state index >= 15 is 0 Å². The molecule has 0 amide bonds. The molecule has 0 aliphatic heterocycles. The lowest BCUT2D eigenvalue weighted by molar-refractivity contribution is 0.487. The lowest BCUT2D eigenvalue weighted by atomic mass is 10.2. The zero-order chi connectivity index (χ0) is 14.8. The normalized spacial score (nSPS) is 15.2. The van der Waals surface area contributed by atoms with Crippen molar-refractivity contribution in [1.29, 1.82) is 0 Å². The van der Waals surface area contributed by atoms with E-state index in [1.165, 1.54) is 12.8 Å². The second-order valence-electron chi connectivity index (χ2n) is 5.55. The van der Waals surface area contributed by atoms with Gasteiger partial charge in [0.15, 0.2) is 5.96 Å². The number of nitrogens with zero attached hydrogens (tertiary/aromatic N) is 4. The first-order valence-electron chi connectivity index (χ1n) is 7.28. The fraction of sp³-hybridized carbons (Fsp3) is 0.375. The summed E-state index contributed by atoms with van der Waals surface area (Å²) in [5.41, 5.74) is 9.22. The Balaban J connectivity index is 1.81. The summed E-state index contributed by atoms with van der Waals surface area (Å²) in [5.74, 6) is 0.615. The van der Waals surface area contributed by atoms with Crippen LogP contribution in [0.4, 0.5) is 0 Å². The van der Waals surface area contributed by atoms with Gasteiger partial charge in [0.1, 0.15) is 0 Å². The lowest BCUT2D eigenvalue weighted by Gasteiger charge is -2.17. The van der Waals surface area contributed by atoms with Crippen molar-refractivity contribution in [1.82, 2.24) is 14.7 Å². The van der Waals surface area contributed by atoms with Gasteiger partial charge in [-0.05, 0) is 37.5 Å². The van der Waals surface area contributed by atoms with E-state index in [9.17, 15) is 0 Å². The van der Waals surface area contributed by atoms with Gasteiger partial charge in [-0.25, -0.2) is 9.67 Å². The molecule has 3 rings (SSSR count). The summed E-state index contributed by atoms with van der Waals surface area (Å²) in [6.45, 7) is 2.55. The van der Waals surface area contributed by atoms with Crippen molar-refractivity contribution in [2.45, 2.75) is 32.4 Å². The quantitative estimate of drug-likeness (QED) is 0.690. The monoisotopic (exact) mass is 283 g/mol. The van der Waals surface area contributed by atoms with Crippen LogP contribution in [0.25, 0.3) is 5.69 Å². The topological polar surface area (TPSA) is 59.4 Å². The van der Waals surface area contributed by atoms with Crippen molar-refractivity contribution < 1.29 is 0 Å². The Hall–Kier alpha value is -2.30. The van der Waals surface area contributed by atoms with E-state index < -0.39 is 0 Å². The van der Waals surface area contributed by atoms with E-state index in [0.29, 0.717) is 18.5 Å². The molecule has 5 nitrogen and oxygen atoms in total. The predicted molar refractivity (Wildman–Crippen MR) is 84.4 cm³/mol. The first-order valence-corrected chi connectivity index (χ1v) is 7.28. The van der Waals surface area contributed by atoms with E-state index in [4.69, 9.17) is 5.73 Å². The van der Waals surface area contributed by atoms with E-state index in [2.05, 4.69) is 27.1 Å². The van der Waals surface area contributed by atoms with E-state index in [1.54, 1.807) is 0 Å². The average molecular weight is 283 g/mol. The average Bonchev–Trinajstić information content (AvgIpc) is 3.26. The van der Waals surface area contributed by atoms with Crippen molar-refractivity contribution in [2.24, 2.45) is 10.7 Å². The third kappa shape index (κ3) is 3.07. The second-order valence-corrected chi connectivity index (χ2v) is 5.55. The molecule has 0 radical (unpaired) electrons. The van der Waals surface area contributed by atoms with Crippen molar-refractivity contribution in [3.63, 3.8) is 0 Å². The molecule has 110 valence electrons. The number of aliphatic imine (C=N–C) groups is 1. The van der Waals surface area contributed by atoms with Crippen LogP contribution in [-0.2, 0) is 6.54 Å². The molecule has 1 saturated carbocycles. The minimum atomic E-state index is 0.567. The summed E-state index contributed by atoms with van der Waals surface area (Å²) in [4.78, 5) is 6.60. The molecule has 21 heavy (non-hydrogen) atoms. The Kier molecular flexibility index (Phi) is 3.64. The molecule has 0 bridgehead atoms. The van der Waals surface area contributed by atoms with Gasteiger partial charge < -0.3 is 10.6 Å². The second kappa shape index (κ2) is 5.60. The van der Waals surface area contributed by atoms with Crippen molar-refractivity contribution in [2.75, 3.05) is 7.05 Å². The Morgan fingerprint density at radius 1 is 1.38 bits per heavy atom. The van der Waals surface area contributed by atoms with Crippen LogP contribution in [0.5, 0.6) is 0 Å². The molecule has 1 heterocycles. The first kappa shape index (κ1) is 13.7. The molecular formula is C16H21N5. The fourth-order valence-electron chi connectivity index (χ4n) is 2.34. The summed E-state index contributed by atoms with van der Waals surface area (Å²) in [7, 11) is 2.01. The number of guanidine groups is 1. The molecule has 1 aliphatic carbocycles. The Morgan fingerprint density at radius 2 is 2.14 bits per heavy atom. The third-order valence-electron chi connectivity index (χ3n) is 3.83. The number of benzene rings is 1. The molecule has 0 unspecified atom stereocenters. The van der Waals surface area contributed by atoms with Gasteiger partial charge in [0.2, 0.25) is 0 Å². The van der Waals surface area contributed by atoms with Crippen LogP contribution in [0.2, 0.25) is 0 Å². The number of aromatic nitrogens is 2. The number of para-hydroxylation sites is 1. The Morgan fingerprint density at radius 3 is 2.81 bits per heavy atom. The number of hydrogen-bond donors (Lipinski definition) is 1. The van der Waals surface area contributed by atoms with Gasteiger partial charge in [0, 0.05) is 19.3 Å². The van der Waals surface area contributed by atoms with Crippen LogP contribution < -0.4 is 5.73 Å². The summed E-state index contributed by atoms with van der Waals surface area (Å²) in [6.07, 6.45) is 4.41. The highest BCUT2D eigenvalue weighted by molar-refractivity contribution is 5.78. The zero-order valence-electron chi connectivity index (χ0n) is 12.5. The maximum atomic E-state index is 6.05. The number of aryl methyl sites for hydroxylation is 1. The molecule has 1 aromatic heterocycles. The minimum absolute atomic E-state index is 0.567. The van der Waals surface area contributed by atoms with Crippen LogP contribution in [0.15, 0.2) is 41.5 Å². The SMILES string of the molecule is Cc1ccn(-c2ccccc2CN=C(N)N(C)C2CC2)n1. The van der Waals surface area contributed by atoms with Gasteiger partial charge in [-0.3, -0.25) is 0 Å². The number of hydrogen-bond acceptors (Lipinski definition) is 2. The first-order chi connectivity index (χ1) is 10.1. The summed E-state index contributed by atoms with van der Waals surface area (Å²) in [5, 5.41) is 4.47. The van der Waals surface area contributed by atoms with Gasteiger partial charge in [0.25, 0.3) is 0 Å². The van der Waals surface area contributed by atoms with Crippen LogP contribution in [0.3, 0.4) is 0 Å². The number of nitrogens with two attached hydrogens (primary N) is 1. The van der Waals surface area contributed by atoms with Crippen LogP contribution >= 0.6 is 0 Å². The van der Waals surface area contributed by atoms with Gasteiger partial charge in [-0.1, -0.05) is 18.2 Å². The third-order valence-corrected chi connectivity index (χ3v) is 3.83. The van der Waals surface area contributed by atoms with Crippen molar-refractivity contribution >= 4 is 5.96 Å². The van der Waals surface area contributed by atoms with Crippen molar-refractivity contribution in [3.8, 4) is 5.69 Å². The van der Waals surface area contributed by atoms with Gasteiger partial charge in [0.05, 0.1) is 17.9 Å². The maximum Gasteiger partial charge on any atom is 0.191 e. The van der Waals surface area contributed by atoms with Crippen LogP contribution in [-0.4, -0.2) is 33.7 Å². The molecule has 1 aliphatic rings. The van der Waals surface area contributed by atoms with Gasteiger partial charge in [-0.2, -0.15) is 5.10 Å².